The Balaban J connectivity index is 2.36. The molecule has 0 atom stereocenters. The van der Waals surface area contributed by atoms with E-state index in [0.29, 0.717) is 6.07 Å². The first kappa shape index (κ1) is 18.0. The minimum Gasteiger partial charge on any atom is -0.455 e. The Morgan fingerprint density at radius 3 is 2.27 bits per heavy atom. The number of primary sulfonamides is 1. The summed E-state index contributed by atoms with van der Waals surface area (Å²) in [5.74, 6) is -0.379. The fraction of sp³-hybridized carbons (Fsp3) is 0.0625. The van der Waals surface area contributed by atoms with Crippen LogP contribution in [-0.2, 0) is 16.2 Å². The van der Waals surface area contributed by atoms with Gasteiger partial charge in [-0.1, -0.05) is 18.2 Å². The van der Waals surface area contributed by atoms with Crippen LogP contribution in [0.25, 0.3) is 11.3 Å². The highest BCUT2D eigenvalue weighted by Gasteiger charge is 2.38. The molecule has 1 aromatic heterocycles. The van der Waals surface area contributed by atoms with Crippen LogP contribution in [0.5, 0.6) is 11.5 Å². The van der Waals surface area contributed by atoms with Gasteiger partial charge in [0.05, 0.1) is 16.8 Å². The van der Waals surface area contributed by atoms with Gasteiger partial charge in [-0.15, -0.1) is 0 Å². The molecule has 0 aliphatic carbocycles. The van der Waals surface area contributed by atoms with E-state index in [2.05, 4.69) is 10.2 Å². The van der Waals surface area contributed by atoms with Crippen molar-refractivity contribution in [3.8, 4) is 22.8 Å². The lowest BCUT2D eigenvalue weighted by Gasteiger charge is -2.19. The number of alkyl halides is 3. The molecular weight excluding hydrogens is 371 g/mol. The number of ether oxygens (including phenoxy) is 1. The first-order chi connectivity index (χ1) is 12.2. The molecule has 26 heavy (non-hydrogen) atoms. The van der Waals surface area contributed by atoms with Gasteiger partial charge in [0.25, 0.3) is 0 Å². The first-order valence-electron chi connectivity index (χ1n) is 7.17. The third kappa shape index (κ3) is 3.55. The normalized spacial score (nSPS) is 12.2. The quantitative estimate of drug-likeness (QED) is 0.720. The Labute approximate surface area is 146 Å². The van der Waals surface area contributed by atoms with Gasteiger partial charge >= 0.3 is 6.18 Å². The molecule has 0 aliphatic heterocycles. The summed E-state index contributed by atoms with van der Waals surface area (Å²) in [6.07, 6.45) is -3.52. The Bertz CT molecular complexity index is 1020. The molecule has 0 radical (unpaired) electrons. The lowest BCUT2D eigenvalue weighted by molar-refractivity contribution is -0.137. The summed E-state index contributed by atoms with van der Waals surface area (Å²) in [5, 5.41) is 11.2. The molecule has 0 saturated carbocycles. The highest BCUT2D eigenvalue weighted by Crippen LogP contribution is 2.45. The van der Waals surface area contributed by atoms with E-state index in [1.807, 2.05) is 0 Å². The van der Waals surface area contributed by atoms with Crippen LogP contribution in [0.3, 0.4) is 0 Å². The number of nitrogens with one attached hydrogen (secondary N) is 1. The number of rotatable bonds is 4. The van der Waals surface area contributed by atoms with Crippen molar-refractivity contribution < 1.29 is 26.3 Å². The summed E-state index contributed by atoms with van der Waals surface area (Å²) < 4.78 is 69.9. The zero-order chi connectivity index (χ0) is 18.9. The van der Waals surface area contributed by atoms with Gasteiger partial charge in [0, 0.05) is 6.20 Å². The Kier molecular flexibility index (Phi) is 4.46. The van der Waals surface area contributed by atoms with Gasteiger partial charge in [0.2, 0.25) is 10.0 Å². The molecule has 0 saturated heterocycles. The monoisotopic (exact) mass is 383 g/mol. The molecule has 1 heterocycles. The van der Waals surface area contributed by atoms with Gasteiger partial charge in [0.15, 0.2) is 5.75 Å². The van der Waals surface area contributed by atoms with Crippen molar-refractivity contribution in [1.82, 2.24) is 10.2 Å². The van der Waals surface area contributed by atoms with Crippen LogP contribution < -0.4 is 9.88 Å². The molecule has 136 valence electrons. The minimum atomic E-state index is -4.76. The van der Waals surface area contributed by atoms with Crippen LogP contribution in [0.1, 0.15) is 5.56 Å². The maximum absolute atomic E-state index is 13.5. The van der Waals surface area contributed by atoms with Crippen LogP contribution in [0, 0.1) is 0 Å². The number of benzene rings is 2. The Hall–Kier alpha value is -2.85. The number of hydrogen-bond acceptors (Lipinski definition) is 4. The zero-order valence-corrected chi connectivity index (χ0v) is 13.8. The molecule has 0 bridgehead atoms. The highest BCUT2D eigenvalue weighted by molar-refractivity contribution is 7.89. The summed E-state index contributed by atoms with van der Waals surface area (Å²) in [7, 11) is -4.36. The Morgan fingerprint density at radius 2 is 1.73 bits per heavy atom. The summed E-state index contributed by atoms with van der Waals surface area (Å²) >= 11 is 0. The van der Waals surface area contributed by atoms with E-state index in [-0.39, 0.29) is 11.4 Å². The summed E-state index contributed by atoms with van der Waals surface area (Å²) in [6.45, 7) is 0. The van der Waals surface area contributed by atoms with Crippen molar-refractivity contribution in [2.24, 2.45) is 5.14 Å². The molecule has 0 spiro atoms. The molecule has 10 heteroatoms. The molecule has 0 amide bonds. The molecule has 0 fully saturated rings. The number of aromatic nitrogens is 2. The number of sulfonamides is 1. The lowest BCUT2D eigenvalue weighted by atomic mass is 10.0. The smallest absolute Gasteiger partial charge is 0.417 e. The van der Waals surface area contributed by atoms with Gasteiger partial charge in [-0.25, -0.2) is 13.6 Å². The number of nitrogens with two attached hydrogens (primary N) is 1. The fourth-order valence-corrected chi connectivity index (χ4v) is 3.05. The molecule has 2 aromatic carbocycles. The Morgan fingerprint density at radius 1 is 1.04 bits per heavy atom. The van der Waals surface area contributed by atoms with Crippen LogP contribution in [0.4, 0.5) is 13.2 Å². The van der Waals surface area contributed by atoms with E-state index in [9.17, 15) is 21.6 Å². The minimum absolute atomic E-state index is 0.0613. The molecule has 0 aliphatic rings. The average Bonchev–Trinajstić information content (AvgIpc) is 3.07. The molecule has 6 nitrogen and oxygen atoms in total. The van der Waals surface area contributed by atoms with Gasteiger partial charge in [-0.2, -0.15) is 18.3 Å². The maximum atomic E-state index is 13.5. The van der Waals surface area contributed by atoms with Crippen molar-refractivity contribution in [2.45, 2.75) is 11.1 Å². The zero-order valence-electron chi connectivity index (χ0n) is 13.0. The molecule has 3 rings (SSSR count). The number of aromatic amines is 1. The largest absolute Gasteiger partial charge is 0.455 e. The number of H-pyrrole nitrogens is 1. The average molecular weight is 383 g/mol. The van der Waals surface area contributed by atoms with E-state index in [1.165, 1.54) is 24.4 Å². The molecule has 3 aromatic rings. The summed E-state index contributed by atoms with van der Waals surface area (Å²) in [5.41, 5.74) is -1.64. The van der Waals surface area contributed by atoms with E-state index in [1.54, 1.807) is 18.2 Å². The van der Waals surface area contributed by atoms with Gasteiger partial charge in [-0.05, 0) is 30.3 Å². The standard InChI is InChI=1S/C16H12F3N3O3S/c17-16(18,19)11-6-7-13(26(20,23)24)15(14(11)12-8-9-21-22-12)25-10-4-2-1-3-5-10/h1-9H,(H,21,22)(H2,20,23,24). The van der Waals surface area contributed by atoms with E-state index in [4.69, 9.17) is 9.88 Å². The van der Waals surface area contributed by atoms with Crippen LogP contribution in [0.2, 0.25) is 0 Å². The molecule has 3 N–H and O–H groups in total. The van der Waals surface area contributed by atoms with Crippen LogP contribution in [0.15, 0.2) is 59.6 Å². The maximum Gasteiger partial charge on any atom is 0.417 e. The lowest BCUT2D eigenvalue weighted by Crippen LogP contribution is -2.16. The number of para-hydroxylation sites is 1. The van der Waals surface area contributed by atoms with E-state index < -0.39 is 38.0 Å². The number of halogens is 3. The highest BCUT2D eigenvalue weighted by atomic mass is 32.2. The summed E-state index contributed by atoms with van der Waals surface area (Å²) in [6, 6.07) is 10.5. The van der Waals surface area contributed by atoms with Crippen molar-refractivity contribution in [3.05, 3.63) is 60.3 Å². The van der Waals surface area contributed by atoms with Crippen molar-refractivity contribution in [2.75, 3.05) is 0 Å². The van der Waals surface area contributed by atoms with Crippen LogP contribution in [-0.4, -0.2) is 18.6 Å². The second kappa shape index (κ2) is 6.46. The predicted octanol–water partition coefficient (Wildman–Crippen LogP) is 3.54. The van der Waals surface area contributed by atoms with E-state index >= 15 is 0 Å². The van der Waals surface area contributed by atoms with Crippen molar-refractivity contribution in [3.63, 3.8) is 0 Å². The topological polar surface area (TPSA) is 98.1 Å². The molecule has 0 unspecified atom stereocenters. The second-order valence-corrected chi connectivity index (χ2v) is 6.77. The van der Waals surface area contributed by atoms with Crippen LogP contribution >= 0.6 is 0 Å². The third-order valence-electron chi connectivity index (χ3n) is 3.47. The van der Waals surface area contributed by atoms with Crippen molar-refractivity contribution >= 4 is 10.0 Å². The molecular formula is C16H12F3N3O3S. The fourth-order valence-electron chi connectivity index (χ4n) is 2.39. The number of hydrogen-bond donors (Lipinski definition) is 2. The van der Waals surface area contributed by atoms with Gasteiger partial charge < -0.3 is 4.74 Å². The van der Waals surface area contributed by atoms with E-state index in [0.717, 1.165) is 6.07 Å². The third-order valence-corrected chi connectivity index (χ3v) is 4.40. The second-order valence-electron chi connectivity index (χ2n) is 5.24. The van der Waals surface area contributed by atoms with Crippen molar-refractivity contribution in [1.29, 1.82) is 0 Å². The summed E-state index contributed by atoms with van der Waals surface area (Å²) in [4.78, 5) is -0.570. The van der Waals surface area contributed by atoms with Gasteiger partial charge in [-0.3, -0.25) is 5.10 Å². The first-order valence-corrected chi connectivity index (χ1v) is 8.72. The number of nitrogens with zero attached hydrogens (tertiary/aromatic N) is 1. The predicted molar refractivity (Wildman–Crippen MR) is 86.9 cm³/mol. The van der Waals surface area contributed by atoms with Gasteiger partial charge in [0.1, 0.15) is 10.6 Å². The SMILES string of the molecule is NS(=O)(=O)c1ccc(C(F)(F)F)c(-c2ccn[nH]2)c1Oc1ccccc1.